The smallest absolute Gasteiger partial charge is 0.381 e. The monoisotopic (exact) mass is 374 g/mol. The third kappa shape index (κ3) is 3.43. The fourth-order valence-electron chi connectivity index (χ4n) is 3.16. The summed E-state index contributed by atoms with van der Waals surface area (Å²) in [5.74, 6) is 0. The van der Waals surface area contributed by atoms with E-state index in [4.69, 9.17) is 4.74 Å². The van der Waals surface area contributed by atoms with Gasteiger partial charge >= 0.3 is 6.18 Å². The molecule has 9 heteroatoms. The van der Waals surface area contributed by atoms with E-state index >= 15 is 0 Å². The van der Waals surface area contributed by atoms with E-state index < -0.39 is 31.7 Å². The van der Waals surface area contributed by atoms with E-state index in [2.05, 4.69) is 10.2 Å². The van der Waals surface area contributed by atoms with Crippen molar-refractivity contribution in [1.82, 2.24) is 10.2 Å². The molecule has 0 radical (unpaired) electrons. The number of halogens is 3. The molecule has 0 aliphatic heterocycles. The molecular weight excluding hydrogens is 357 g/mol. The van der Waals surface area contributed by atoms with Crippen molar-refractivity contribution in [3.63, 3.8) is 0 Å². The van der Waals surface area contributed by atoms with E-state index in [1.54, 1.807) is 0 Å². The van der Waals surface area contributed by atoms with E-state index in [0.717, 1.165) is 12.1 Å². The Balaban J connectivity index is 2.06. The highest BCUT2D eigenvalue weighted by Gasteiger charge is 2.42. The van der Waals surface area contributed by atoms with Gasteiger partial charge in [-0.25, -0.2) is 8.42 Å². The van der Waals surface area contributed by atoms with E-state index in [1.165, 1.54) is 25.4 Å². The number of hydrogen-bond donors (Lipinski definition) is 1. The van der Waals surface area contributed by atoms with E-state index in [-0.39, 0.29) is 18.1 Å². The van der Waals surface area contributed by atoms with Gasteiger partial charge in [0.1, 0.15) is 0 Å². The molecule has 1 aliphatic carbocycles. The molecular formula is C16H17F3N2O3S. The molecule has 25 heavy (non-hydrogen) atoms. The third-order valence-electron chi connectivity index (χ3n) is 4.51. The maximum absolute atomic E-state index is 13.5. The number of benzene rings is 1. The maximum Gasteiger partial charge on any atom is 0.417 e. The molecule has 2 atom stereocenters. The first-order valence-corrected chi connectivity index (χ1v) is 9.26. The standard InChI is InChI=1S/C16H17F3N2O3S/c1-24-11-3-4-12(9-11)25(22,23)15-5-2-10(14-6-7-20-21-14)8-13(15)16(17,18)19/h2,5-8,11-12H,3-4,9H2,1H3,(H,20,21)/t11-,12-/m0/s1. The molecule has 0 spiro atoms. The summed E-state index contributed by atoms with van der Waals surface area (Å²) in [7, 11) is -2.63. The molecule has 1 N–H and O–H groups in total. The van der Waals surface area contributed by atoms with Crippen LogP contribution in [0.15, 0.2) is 35.4 Å². The average molecular weight is 374 g/mol. The number of sulfone groups is 1. The van der Waals surface area contributed by atoms with Gasteiger partial charge < -0.3 is 4.74 Å². The van der Waals surface area contributed by atoms with Gasteiger partial charge in [0.25, 0.3) is 0 Å². The van der Waals surface area contributed by atoms with Crippen molar-refractivity contribution in [2.75, 3.05) is 7.11 Å². The number of nitrogens with one attached hydrogen (secondary N) is 1. The van der Waals surface area contributed by atoms with E-state index in [9.17, 15) is 21.6 Å². The second-order valence-electron chi connectivity index (χ2n) is 6.02. The van der Waals surface area contributed by atoms with Crippen LogP contribution in [0.3, 0.4) is 0 Å². The van der Waals surface area contributed by atoms with Gasteiger partial charge in [-0.2, -0.15) is 18.3 Å². The van der Waals surface area contributed by atoms with E-state index in [1.807, 2.05) is 0 Å². The lowest BCUT2D eigenvalue weighted by Crippen LogP contribution is -2.23. The molecule has 1 heterocycles. The number of ether oxygens (including phenoxy) is 1. The molecule has 0 saturated heterocycles. The van der Waals surface area contributed by atoms with Crippen molar-refractivity contribution in [2.45, 2.75) is 41.7 Å². The number of alkyl halides is 3. The molecule has 136 valence electrons. The largest absolute Gasteiger partial charge is 0.417 e. The zero-order valence-electron chi connectivity index (χ0n) is 13.4. The van der Waals surface area contributed by atoms with Crippen LogP contribution in [0, 0.1) is 0 Å². The summed E-state index contributed by atoms with van der Waals surface area (Å²) in [5, 5.41) is 5.42. The summed E-state index contributed by atoms with van der Waals surface area (Å²) in [5.41, 5.74) is -0.541. The second kappa shape index (κ2) is 6.45. The molecule has 1 saturated carbocycles. The number of aromatic nitrogens is 2. The predicted octanol–water partition coefficient (Wildman–Crippen LogP) is 3.44. The van der Waals surface area contributed by atoms with Crippen LogP contribution < -0.4 is 0 Å². The fourth-order valence-corrected chi connectivity index (χ4v) is 5.17. The number of hydrogen-bond acceptors (Lipinski definition) is 4. The van der Waals surface area contributed by atoms with Crippen LogP contribution in [-0.4, -0.2) is 37.1 Å². The Labute approximate surface area is 143 Å². The van der Waals surface area contributed by atoms with Gasteiger partial charge in [-0.3, -0.25) is 5.10 Å². The van der Waals surface area contributed by atoms with Gasteiger partial charge in [-0.05, 0) is 37.5 Å². The highest BCUT2D eigenvalue weighted by Crippen LogP contribution is 2.40. The van der Waals surface area contributed by atoms with Crippen LogP contribution in [0.5, 0.6) is 0 Å². The normalized spacial score (nSPS) is 21.6. The minimum absolute atomic E-state index is 0.207. The van der Waals surface area contributed by atoms with Gasteiger partial charge in [0.15, 0.2) is 9.84 Å². The summed E-state index contributed by atoms with van der Waals surface area (Å²) in [4.78, 5) is -0.676. The molecule has 2 aromatic rings. The molecule has 0 amide bonds. The van der Waals surface area contributed by atoms with Gasteiger partial charge in [0.05, 0.1) is 27.5 Å². The Morgan fingerprint density at radius 1 is 1.24 bits per heavy atom. The average Bonchev–Trinajstić information content (AvgIpc) is 3.25. The summed E-state index contributed by atoms with van der Waals surface area (Å²) in [6.45, 7) is 0. The molecule has 0 unspecified atom stereocenters. The maximum atomic E-state index is 13.5. The Kier molecular flexibility index (Phi) is 4.63. The lowest BCUT2D eigenvalue weighted by molar-refractivity contribution is -0.139. The Morgan fingerprint density at radius 3 is 2.56 bits per heavy atom. The van der Waals surface area contributed by atoms with Crippen molar-refractivity contribution >= 4 is 9.84 Å². The second-order valence-corrected chi connectivity index (χ2v) is 8.21. The summed E-state index contributed by atoms with van der Waals surface area (Å²) < 4.78 is 71.3. The number of methoxy groups -OCH3 is 1. The van der Waals surface area contributed by atoms with Crippen LogP contribution in [0.2, 0.25) is 0 Å². The van der Waals surface area contributed by atoms with Crippen LogP contribution >= 0.6 is 0 Å². The van der Waals surface area contributed by atoms with Crippen LogP contribution in [0.4, 0.5) is 13.2 Å². The third-order valence-corrected chi connectivity index (χ3v) is 6.79. The first-order chi connectivity index (χ1) is 11.7. The first kappa shape index (κ1) is 17.9. The highest BCUT2D eigenvalue weighted by molar-refractivity contribution is 7.92. The summed E-state index contributed by atoms with van der Waals surface area (Å²) in [6, 6.07) is 4.76. The zero-order valence-corrected chi connectivity index (χ0v) is 14.2. The highest BCUT2D eigenvalue weighted by atomic mass is 32.2. The van der Waals surface area contributed by atoms with Crippen LogP contribution in [0.1, 0.15) is 24.8 Å². The van der Waals surface area contributed by atoms with Gasteiger partial charge in [0, 0.05) is 18.9 Å². The quantitative estimate of drug-likeness (QED) is 0.890. The van der Waals surface area contributed by atoms with Crippen LogP contribution in [0.25, 0.3) is 11.3 Å². The van der Waals surface area contributed by atoms with Crippen molar-refractivity contribution in [1.29, 1.82) is 0 Å². The summed E-state index contributed by atoms with van der Waals surface area (Å²) in [6.07, 6.45) is -2.58. The molecule has 1 aromatic heterocycles. The topological polar surface area (TPSA) is 72.1 Å². The SMILES string of the molecule is CO[C@H]1CC[C@H](S(=O)(=O)c2ccc(-c3ccn[nH]3)cc2C(F)(F)F)C1. The number of rotatable bonds is 4. The molecule has 1 fully saturated rings. The number of aromatic amines is 1. The zero-order chi connectivity index (χ0) is 18.2. The Morgan fingerprint density at radius 2 is 2.00 bits per heavy atom. The van der Waals surface area contributed by atoms with Gasteiger partial charge in [-0.15, -0.1) is 0 Å². The molecule has 5 nitrogen and oxygen atoms in total. The number of nitrogens with zero attached hydrogens (tertiary/aromatic N) is 1. The fraction of sp³-hybridized carbons (Fsp3) is 0.438. The lowest BCUT2D eigenvalue weighted by Gasteiger charge is -2.18. The van der Waals surface area contributed by atoms with Crippen molar-refractivity contribution < 1.29 is 26.3 Å². The van der Waals surface area contributed by atoms with Crippen molar-refractivity contribution in [2.24, 2.45) is 0 Å². The van der Waals surface area contributed by atoms with Crippen molar-refractivity contribution in [3.8, 4) is 11.3 Å². The van der Waals surface area contributed by atoms with Crippen LogP contribution in [-0.2, 0) is 20.8 Å². The van der Waals surface area contributed by atoms with Gasteiger partial charge in [0.2, 0.25) is 0 Å². The predicted molar refractivity (Wildman–Crippen MR) is 84.6 cm³/mol. The Hall–Kier alpha value is -1.87. The van der Waals surface area contributed by atoms with E-state index in [0.29, 0.717) is 18.5 Å². The lowest BCUT2D eigenvalue weighted by atomic mass is 10.1. The molecule has 0 bridgehead atoms. The van der Waals surface area contributed by atoms with Crippen molar-refractivity contribution in [3.05, 3.63) is 36.0 Å². The van der Waals surface area contributed by atoms with Gasteiger partial charge in [-0.1, -0.05) is 6.07 Å². The Bertz CT molecular complexity index is 848. The number of H-pyrrole nitrogens is 1. The minimum atomic E-state index is -4.78. The minimum Gasteiger partial charge on any atom is -0.381 e. The molecule has 3 rings (SSSR count). The molecule has 1 aromatic carbocycles. The summed E-state index contributed by atoms with van der Waals surface area (Å²) >= 11 is 0. The molecule has 1 aliphatic rings. The first-order valence-electron chi connectivity index (χ1n) is 7.71.